The van der Waals surface area contributed by atoms with Crippen LogP contribution in [-0.2, 0) is 10.0 Å². The molecule has 0 spiro atoms. The number of aliphatic hydroxyl groups excluding tert-OH is 1. The molecule has 2 aromatic rings. The van der Waals surface area contributed by atoms with Crippen LogP contribution in [0.25, 0.3) is 11.1 Å². The van der Waals surface area contributed by atoms with Crippen LogP contribution in [-0.4, -0.2) is 73.7 Å². The first-order chi connectivity index (χ1) is 13.7. The summed E-state index contributed by atoms with van der Waals surface area (Å²) in [7, 11) is 0.117. The predicted octanol–water partition coefficient (Wildman–Crippen LogP) is 2.08. The van der Waals surface area contributed by atoms with Crippen molar-refractivity contribution >= 4 is 10.0 Å². The molecule has 3 rings (SSSR count). The number of hydrogen-bond acceptors (Lipinski definition) is 6. The molecule has 29 heavy (non-hydrogen) atoms. The fourth-order valence-electron chi connectivity index (χ4n) is 3.53. The van der Waals surface area contributed by atoms with Crippen molar-refractivity contribution in [1.29, 1.82) is 0 Å². The van der Waals surface area contributed by atoms with Gasteiger partial charge in [0.25, 0.3) is 0 Å². The average Bonchev–Trinajstić information content (AvgIpc) is 2.70. The second-order valence-electron chi connectivity index (χ2n) is 7.90. The van der Waals surface area contributed by atoms with Crippen molar-refractivity contribution in [2.45, 2.75) is 30.9 Å². The summed E-state index contributed by atoms with van der Waals surface area (Å²) in [6.07, 6.45) is 3.21. The SMILES string of the molecule is C[C@@H]1CN([C@@H](C)CO)S(=O)(=O)c2ccc(-c3ccncc3)cc2O[C@H]1CN(C)C. The van der Waals surface area contributed by atoms with Crippen molar-refractivity contribution in [3.63, 3.8) is 0 Å². The minimum absolute atomic E-state index is 0.0566. The molecule has 0 unspecified atom stereocenters. The Bertz CT molecular complexity index is 934. The van der Waals surface area contributed by atoms with Gasteiger partial charge >= 0.3 is 0 Å². The smallest absolute Gasteiger partial charge is 0.247 e. The highest BCUT2D eigenvalue weighted by Gasteiger charge is 2.37. The third kappa shape index (κ3) is 4.61. The number of fused-ring (bicyclic) bond motifs is 1. The molecule has 158 valence electrons. The van der Waals surface area contributed by atoms with Gasteiger partial charge in [-0.25, -0.2) is 8.42 Å². The third-order valence-corrected chi connectivity index (χ3v) is 7.25. The molecule has 1 aliphatic heterocycles. The summed E-state index contributed by atoms with van der Waals surface area (Å²) in [6.45, 7) is 4.41. The molecule has 0 saturated heterocycles. The molecule has 2 heterocycles. The average molecular weight is 420 g/mol. The van der Waals surface area contributed by atoms with Gasteiger partial charge in [-0.05, 0) is 56.4 Å². The summed E-state index contributed by atoms with van der Waals surface area (Å²) >= 11 is 0. The first-order valence-electron chi connectivity index (χ1n) is 9.72. The zero-order valence-corrected chi connectivity index (χ0v) is 18.1. The molecule has 0 amide bonds. The van der Waals surface area contributed by atoms with E-state index >= 15 is 0 Å². The standard InChI is InChI=1S/C21H29N3O4S/c1-15-12-24(16(2)14-25)29(26,27)21-6-5-18(17-7-9-22-10-8-17)11-19(21)28-20(15)13-23(3)4/h5-11,15-16,20,25H,12-14H2,1-4H3/t15-,16+,20+/m1/s1. The van der Waals surface area contributed by atoms with Gasteiger partial charge in [-0.2, -0.15) is 4.31 Å². The van der Waals surface area contributed by atoms with Crippen LogP contribution in [0.15, 0.2) is 47.6 Å². The molecule has 0 radical (unpaired) electrons. The van der Waals surface area contributed by atoms with Gasteiger partial charge in [-0.15, -0.1) is 0 Å². The van der Waals surface area contributed by atoms with Gasteiger partial charge in [-0.1, -0.05) is 13.0 Å². The van der Waals surface area contributed by atoms with Crippen molar-refractivity contribution in [1.82, 2.24) is 14.2 Å². The van der Waals surface area contributed by atoms with E-state index in [4.69, 9.17) is 4.74 Å². The first-order valence-corrected chi connectivity index (χ1v) is 11.2. The molecule has 8 heteroatoms. The van der Waals surface area contributed by atoms with Gasteiger partial charge in [-0.3, -0.25) is 4.98 Å². The Morgan fingerprint density at radius 1 is 1.24 bits per heavy atom. The maximum absolute atomic E-state index is 13.4. The minimum Gasteiger partial charge on any atom is -0.487 e. The predicted molar refractivity (Wildman–Crippen MR) is 112 cm³/mol. The molecule has 3 atom stereocenters. The van der Waals surface area contributed by atoms with Crippen molar-refractivity contribution in [2.24, 2.45) is 5.92 Å². The number of likely N-dealkylation sites (N-methyl/N-ethyl adjacent to an activating group) is 1. The number of hydrogen-bond donors (Lipinski definition) is 1. The Hall–Kier alpha value is -2.00. The van der Waals surface area contributed by atoms with Crippen molar-refractivity contribution in [2.75, 3.05) is 33.8 Å². The maximum Gasteiger partial charge on any atom is 0.247 e. The maximum atomic E-state index is 13.4. The number of benzene rings is 1. The van der Waals surface area contributed by atoms with Crippen LogP contribution in [0.3, 0.4) is 0 Å². The fraction of sp³-hybridized carbons (Fsp3) is 0.476. The van der Waals surface area contributed by atoms with Gasteiger partial charge in [0.15, 0.2) is 0 Å². The molecule has 1 aliphatic rings. The zero-order valence-electron chi connectivity index (χ0n) is 17.3. The Balaban J connectivity index is 2.14. The number of ether oxygens (including phenoxy) is 1. The molecule has 0 fully saturated rings. The Morgan fingerprint density at radius 3 is 2.55 bits per heavy atom. The van der Waals surface area contributed by atoms with Crippen LogP contribution in [0.4, 0.5) is 0 Å². The Kier molecular flexibility index (Phi) is 6.58. The first kappa shape index (κ1) is 21.7. The largest absolute Gasteiger partial charge is 0.487 e. The lowest BCUT2D eigenvalue weighted by Gasteiger charge is -2.37. The second-order valence-corrected chi connectivity index (χ2v) is 9.76. The van der Waals surface area contributed by atoms with E-state index < -0.39 is 16.1 Å². The molecule has 7 nitrogen and oxygen atoms in total. The van der Waals surface area contributed by atoms with E-state index in [1.807, 2.05) is 38.1 Å². The summed E-state index contributed by atoms with van der Waals surface area (Å²) in [5, 5.41) is 9.67. The molecule has 0 saturated carbocycles. The molecular weight excluding hydrogens is 390 g/mol. The van der Waals surface area contributed by atoms with Crippen LogP contribution in [0.2, 0.25) is 0 Å². The van der Waals surface area contributed by atoms with Crippen LogP contribution in [0.5, 0.6) is 5.75 Å². The van der Waals surface area contributed by atoms with E-state index in [0.29, 0.717) is 12.3 Å². The van der Waals surface area contributed by atoms with Crippen molar-refractivity contribution < 1.29 is 18.3 Å². The highest BCUT2D eigenvalue weighted by atomic mass is 32.2. The lowest BCUT2D eigenvalue weighted by Crippen LogP contribution is -2.49. The fourth-order valence-corrected chi connectivity index (χ4v) is 5.35. The van der Waals surface area contributed by atoms with Gasteiger partial charge in [0.1, 0.15) is 16.7 Å². The van der Waals surface area contributed by atoms with Crippen LogP contribution >= 0.6 is 0 Å². The van der Waals surface area contributed by atoms with Crippen molar-refractivity contribution in [3.8, 4) is 16.9 Å². The van der Waals surface area contributed by atoms with E-state index in [-0.39, 0.29) is 30.1 Å². The zero-order chi connectivity index (χ0) is 21.2. The summed E-state index contributed by atoms with van der Waals surface area (Å²) in [5.74, 6) is 0.284. The minimum atomic E-state index is -3.82. The number of aliphatic hydroxyl groups is 1. The molecule has 1 aromatic heterocycles. The van der Waals surface area contributed by atoms with Gasteiger partial charge < -0.3 is 14.7 Å². The topological polar surface area (TPSA) is 83.0 Å². The number of sulfonamides is 1. The van der Waals surface area contributed by atoms with E-state index in [2.05, 4.69) is 4.98 Å². The lowest BCUT2D eigenvalue weighted by molar-refractivity contribution is 0.0813. The quantitative estimate of drug-likeness (QED) is 0.799. The van der Waals surface area contributed by atoms with Gasteiger partial charge in [0.2, 0.25) is 10.0 Å². The monoisotopic (exact) mass is 419 g/mol. The van der Waals surface area contributed by atoms with Crippen LogP contribution in [0.1, 0.15) is 13.8 Å². The van der Waals surface area contributed by atoms with Gasteiger partial charge in [0, 0.05) is 37.4 Å². The van der Waals surface area contributed by atoms with Gasteiger partial charge in [0.05, 0.1) is 6.61 Å². The number of pyridine rings is 1. The molecule has 1 N–H and O–H groups in total. The van der Waals surface area contributed by atoms with E-state index in [9.17, 15) is 13.5 Å². The highest BCUT2D eigenvalue weighted by molar-refractivity contribution is 7.89. The summed E-state index contributed by atoms with van der Waals surface area (Å²) in [4.78, 5) is 6.20. The number of nitrogens with zero attached hydrogens (tertiary/aromatic N) is 3. The van der Waals surface area contributed by atoms with E-state index in [1.54, 1.807) is 37.5 Å². The summed E-state index contributed by atoms with van der Waals surface area (Å²) in [6, 6.07) is 8.39. The van der Waals surface area contributed by atoms with Crippen molar-refractivity contribution in [3.05, 3.63) is 42.7 Å². The molecule has 0 bridgehead atoms. The van der Waals surface area contributed by atoms with Crippen LogP contribution < -0.4 is 4.74 Å². The number of aromatic nitrogens is 1. The van der Waals surface area contributed by atoms with E-state index in [1.165, 1.54) is 4.31 Å². The lowest BCUT2D eigenvalue weighted by atomic mass is 10.0. The summed E-state index contributed by atoms with van der Waals surface area (Å²) in [5.41, 5.74) is 1.79. The van der Waals surface area contributed by atoms with E-state index in [0.717, 1.165) is 11.1 Å². The summed E-state index contributed by atoms with van der Waals surface area (Å²) < 4.78 is 34.5. The molecule has 0 aliphatic carbocycles. The van der Waals surface area contributed by atoms with Crippen LogP contribution in [0, 0.1) is 5.92 Å². The third-order valence-electron chi connectivity index (χ3n) is 5.23. The Labute approximate surface area is 173 Å². The highest BCUT2D eigenvalue weighted by Crippen LogP contribution is 2.36. The molecule has 1 aromatic carbocycles. The normalized spacial score (nSPS) is 23.0. The second kappa shape index (κ2) is 8.79. The molecular formula is C21H29N3O4S. The number of rotatable bonds is 5. The Morgan fingerprint density at radius 2 is 1.93 bits per heavy atom.